The minimum atomic E-state index is -0.343. The van der Waals surface area contributed by atoms with Crippen LogP contribution in [0, 0.1) is 5.92 Å². The van der Waals surface area contributed by atoms with Crippen molar-refractivity contribution in [3.63, 3.8) is 0 Å². The second kappa shape index (κ2) is 3.55. The van der Waals surface area contributed by atoms with E-state index < -0.39 is 0 Å². The molecule has 0 aliphatic carbocycles. The minimum absolute atomic E-state index is 0.343. The summed E-state index contributed by atoms with van der Waals surface area (Å²) in [5.41, 5.74) is 0. The van der Waals surface area contributed by atoms with Gasteiger partial charge in [0.25, 0.3) is 0 Å². The molecule has 1 aliphatic heterocycles. The summed E-state index contributed by atoms with van der Waals surface area (Å²) < 4.78 is 11.0. The highest BCUT2D eigenvalue weighted by atomic mass is 16.7. The lowest BCUT2D eigenvalue weighted by Crippen LogP contribution is -2.39. The second-order valence-electron chi connectivity index (χ2n) is 3.68. The van der Waals surface area contributed by atoms with Crippen LogP contribution in [0.1, 0.15) is 33.6 Å². The first-order chi connectivity index (χ1) is 5.14. The van der Waals surface area contributed by atoms with E-state index in [2.05, 4.69) is 6.92 Å². The molecule has 0 amide bonds. The van der Waals surface area contributed by atoms with Crippen LogP contribution in [-0.4, -0.2) is 19.0 Å². The summed E-state index contributed by atoms with van der Waals surface area (Å²) in [6.07, 6.45) is 2.44. The molecule has 0 N–H and O–H groups in total. The highest BCUT2D eigenvalue weighted by Gasteiger charge is 2.27. The van der Waals surface area contributed by atoms with Gasteiger partial charge in [-0.25, -0.2) is 0 Å². The van der Waals surface area contributed by atoms with Crippen molar-refractivity contribution < 1.29 is 9.47 Å². The molecule has 1 heterocycles. The molecule has 0 spiro atoms. The van der Waals surface area contributed by atoms with Gasteiger partial charge in [0.05, 0.1) is 13.2 Å². The maximum Gasteiger partial charge on any atom is 0.162 e. The van der Waals surface area contributed by atoms with Gasteiger partial charge in [0.1, 0.15) is 0 Å². The largest absolute Gasteiger partial charge is 0.350 e. The molecule has 2 nitrogen and oxygen atoms in total. The van der Waals surface area contributed by atoms with Crippen LogP contribution in [0.4, 0.5) is 0 Å². The van der Waals surface area contributed by atoms with Crippen LogP contribution >= 0.6 is 0 Å². The van der Waals surface area contributed by atoms with Crippen molar-refractivity contribution >= 4 is 0 Å². The number of hydrogen-bond acceptors (Lipinski definition) is 2. The summed E-state index contributed by atoms with van der Waals surface area (Å²) >= 11 is 0. The third-order valence-electron chi connectivity index (χ3n) is 2.03. The van der Waals surface area contributed by atoms with E-state index in [0.29, 0.717) is 5.92 Å². The molecule has 0 aromatic carbocycles. The monoisotopic (exact) mass is 158 g/mol. The zero-order valence-corrected chi connectivity index (χ0v) is 7.72. The molecule has 11 heavy (non-hydrogen) atoms. The highest BCUT2D eigenvalue weighted by molar-refractivity contribution is 4.66. The number of ether oxygens (including phenoxy) is 2. The van der Waals surface area contributed by atoms with Crippen LogP contribution < -0.4 is 0 Å². The maximum absolute atomic E-state index is 5.51. The molecule has 0 atom stereocenters. The van der Waals surface area contributed by atoms with Gasteiger partial charge in [0.15, 0.2) is 5.79 Å². The number of rotatable bonds is 2. The molecule has 1 fully saturated rings. The summed E-state index contributed by atoms with van der Waals surface area (Å²) in [5, 5.41) is 0. The van der Waals surface area contributed by atoms with E-state index in [1.54, 1.807) is 0 Å². The molecule has 0 aromatic rings. The fourth-order valence-corrected chi connectivity index (χ4v) is 1.30. The first-order valence-electron chi connectivity index (χ1n) is 4.42. The summed E-state index contributed by atoms with van der Waals surface area (Å²) in [6, 6.07) is 0. The van der Waals surface area contributed by atoms with Crippen molar-refractivity contribution in [3.8, 4) is 0 Å². The third-order valence-corrected chi connectivity index (χ3v) is 2.03. The number of hydrogen-bond donors (Lipinski definition) is 0. The quantitative estimate of drug-likeness (QED) is 0.613. The molecule has 66 valence electrons. The van der Waals surface area contributed by atoms with Gasteiger partial charge in [-0.15, -0.1) is 0 Å². The van der Waals surface area contributed by atoms with E-state index >= 15 is 0 Å². The van der Waals surface area contributed by atoms with Crippen molar-refractivity contribution in [2.24, 2.45) is 5.92 Å². The highest BCUT2D eigenvalue weighted by Crippen LogP contribution is 2.22. The van der Waals surface area contributed by atoms with Gasteiger partial charge in [0.2, 0.25) is 0 Å². The Labute approximate surface area is 68.9 Å². The SMILES string of the molecule is CCCC1COC(C)(C)OC1. The Morgan fingerprint density at radius 2 is 1.82 bits per heavy atom. The molecule has 1 aliphatic rings. The normalized spacial score (nSPS) is 25.4. The third kappa shape index (κ3) is 2.80. The van der Waals surface area contributed by atoms with Gasteiger partial charge in [-0.1, -0.05) is 13.3 Å². The van der Waals surface area contributed by atoms with Gasteiger partial charge in [-0.2, -0.15) is 0 Å². The molecule has 0 aromatic heterocycles. The molecular formula is C9H18O2. The van der Waals surface area contributed by atoms with Crippen LogP contribution in [0.25, 0.3) is 0 Å². The van der Waals surface area contributed by atoms with Gasteiger partial charge >= 0.3 is 0 Å². The Balaban J connectivity index is 2.25. The van der Waals surface area contributed by atoms with E-state index in [4.69, 9.17) is 9.47 Å². The van der Waals surface area contributed by atoms with Crippen LogP contribution in [0.5, 0.6) is 0 Å². The van der Waals surface area contributed by atoms with Gasteiger partial charge < -0.3 is 9.47 Å². The smallest absolute Gasteiger partial charge is 0.162 e. The Morgan fingerprint density at radius 1 is 1.27 bits per heavy atom. The van der Waals surface area contributed by atoms with Crippen LogP contribution in [0.15, 0.2) is 0 Å². The Bertz CT molecular complexity index is 111. The van der Waals surface area contributed by atoms with Crippen molar-refractivity contribution in [2.75, 3.05) is 13.2 Å². The summed E-state index contributed by atoms with van der Waals surface area (Å²) in [6.45, 7) is 7.85. The Kier molecular flexibility index (Phi) is 2.90. The van der Waals surface area contributed by atoms with Crippen LogP contribution in [0.2, 0.25) is 0 Å². The van der Waals surface area contributed by atoms with Crippen molar-refractivity contribution in [1.29, 1.82) is 0 Å². The molecule has 1 rings (SSSR count). The van der Waals surface area contributed by atoms with Crippen LogP contribution in [-0.2, 0) is 9.47 Å². The average molecular weight is 158 g/mol. The Hall–Kier alpha value is -0.0800. The lowest BCUT2D eigenvalue weighted by Gasteiger charge is -2.34. The fraction of sp³-hybridized carbons (Fsp3) is 1.00. The van der Waals surface area contributed by atoms with Crippen molar-refractivity contribution in [1.82, 2.24) is 0 Å². The van der Waals surface area contributed by atoms with Gasteiger partial charge in [-0.3, -0.25) is 0 Å². The Morgan fingerprint density at radius 3 is 2.27 bits per heavy atom. The minimum Gasteiger partial charge on any atom is -0.350 e. The van der Waals surface area contributed by atoms with Gasteiger partial charge in [0, 0.05) is 5.92 Å². The van der Waals surface area contributed by atoms with E-state index in [1.807, 2.05) is 13.8 Å². The standard InChI is InChI=1S/C9H18O2/c1-4-5-8-6-10-9(2,3)11-7-8/h8H,4-7H2,1-3H3. The first-order valence-corrected chi connectivity index (χ1v) is 4.42. The van der Waals surface area contributed by atoms with E-state index in [9.17, 15) is 0 Å². The average Bonchev–Trinajstić information content (AvgIpc) is 1.94. The molecule has 0 unspecified atom stereocenters. The lowest BCUT2D eigenvalue weighted by atomic mass is 10.1. The van der Waals surface area contributed by atoms with Crippen molar-refractivity contribution in [3.05, 3.63) is 0 Å². The topological polar surface area (TPSA) is 18.5 Å². The van der Waals surface area contributed by atoms with Gasteiger partial charge in [-0.05, 0) is 20.3 Å². The summed E-state index contributed by atoms with van der Waals surface area (Å²) in [4.78, 5) is 0. The summed E-state index contributed by atoms with van der Waals surface area (Å²) in [7, 11) is 0. The second-order valence-corrected chi connectivity index (χ2v) is 3.68. The van der Waals surface area contributed by atoms with Crippen LogP contribution in [0.3, 0.4) is 0 Å². The van der Waals surface area contributed by atoms with E-state index in [0.717, 1.165) is 13.2 Å². The predicted octanol–water partition coefficient (Wildman–Crippen LogP) is 2.19. The zero-order valence-electron chi connectivity index (χ0n) is 7.72. The molecule has 1 saturated heterocycles. The van der Waals surface area contributed by atoms with E-state index in [-0.39, 0.29) is 5.79 Å². The first kappa shape index (κ1) is 9.01. The molecule has 0 bridgehead atoms. The predicted molar refractivity (Wildman–Crippen MR) is 44.4 cm³/mol. The fourth-order valence-electron chi connectivity index (χ4n) is 1.30. The maximum atomic E-state index is 5.51. The lowest BCUT2D eigenvalue weighted by molar-refractivity contribution is -0.262. The summed E-state index contributed by atoms with van der Waals surface area (Å²) in [5.74, 6) is 0.276. The zero-order chi connectivity index (χ0) is 8.32. The van der Waals surface area contributed by atoms with Crippen molar-refractivity contribution in [2.45, 2.75) is 39.4 Å². The molecular weight excluding hydrogens is 140 g/mol. The molecule has 0 radical (unpaired) electrons. The molecule has 2 heteroatoms. The molecule has 0 saturated carbocycles. The van der Waals surface area contributed by atoms with E-state index in [1.165, 1.54) is 12.8 Å².